The first-order valence-electron chi connectivity index (χ1n) is 7.24. The number of amides is 1. The second kappa shape index (κ2) is 7.02. The molecule has 2 aromatic heterocycles. The number of sulfonamides is 1. The lowest BCUT2D eigenvalue weighted by molar-refractivity contribution is 0.100. The summed E-state index contributed by atoms with van der Waals surface area (Å²) in [6, 6.07) is 9.95. The van der Waals surface area contributed by atoms with Gasteiger partial charge in [0, 0.05) is 16.8 Å². The fraction of sp³-hybridized carbons (Fsp3) is 0.0625. The smallest absolute Gasteiger partial charge is 0.261 e. The number of rotatable bonds is 5. The number of halogens is 1. The molecule has 0 aliphatic heterocycles. The molecule has 3 N–H and O–H groups in total. The summed E-state index contributed by atoms with van der Waals surface area (Å²) in [5, 5.41) is 0.294. The molecule has 0 bridgehead atoms. The zero-order valence-electron chi connectivity index (χ0n) is 13.4. The Morgan fingerprint density at radius 1 is 1.27 bits per heavy atom. The van der Waals surface area contributed by atoms with Crippen LogP contribution >= 0.6 is 23.1 Å². The number of nitrogens with zero attached hydrogens (tertiary/aromatic N) is 2. The largest absolute Gasteiger partial charge is 0.365 e. The maximum Gasteiger partial charge on any atom is 0.261 e. The lowest BCUT2D eigenvalue weighted by atomic mass is 10.0. The van der Waals surface area contributed by atoms with Crippen molar-refractivity contribution in [2.75, 3.05) is 11.0 Å². The topological polar surface area (TPSA) is 115 Å². The number of nitrogens with one attached hydrogen (secondary N) is 1. The van der Waals surface area contributed by atoms with Crippen LogP contribution in [0.2, 0.25) is 5.02 Å². The molecule has 0 aliphatic carbocycles. The predicted molar refractivity (Wildman–Crippen MR) is 103 cm³/mol. The molecule has 0 aliphatic rings. The number of hydrogen-bond donors (Lipinski definition) is 2. The van der Waals surface area contributed by atoms with Crippen LogP contribution in [0.5, 0.6) is 0 Å². The van der Waals surface area contributed by atoms with Crippen molar-refractivity contribution in [2.45, 2.75) is 0 Å². The maximum atomic E-state index is 11.9. The van der Waals surface area contributed by atoms with E-state index in [0.717, 1.165) is 17.8 Å². The van der Waals surface area contributed by atoms with E-state index in [0.29, 0.717) is 27.5 Å². The Kier molecular flexibility index (Phi) is 4.94. The quantitative estimate of drug-likeness (QED) is 0.673. The zero-order valence-corrected chi connectivity index (χ0v) is 15.8. The van der Waals surface area contributed by atoms with Crippen molar-refractivity contribution in [2.24, 2.45) is 5.73 Å². The molecule has 0 radical (unpaired) electrons. The third kappa shape index (κ3) is 4.01. The molecular formula is C16H13ClN4O3S2. The molecule has 7 nitrogen and oxygen atoms in total. The van der Waals surface area contributed by atoms with Crippen molar-refractivity contribution in [3.8, 4) is 22.5 Å². The van der Waals surface area contributed by atoms with Crippen molar-refractivity contribution in [1.29, 1.82) is 0 Å². The Bertz CT molecular complexity index is 1080. The normalized spacial score (nSPS) is 11.3. The van der Waals surface area contributed by atoms with Crippen LogP contribution in [0.15, 0.2) is 42.6 Å². The molecule has 0 unspecified atom stereocenters. The predicted octanol–water partition coefficient (Wildman–Crippen LogP) is 3.00. The fourth-order valence-electron chi connectivity index (χ4n) is 2.41. The van der Waals surface area contributed by atoms with Gasteiger partial charge in [-0.05, 0) is 47.4 Å². The number of carbonyl (C=O) groups is 1. The summed E-state index contributed by atoms with van der Waals surface area (Å²) in [4.78, 5) is 16.4. The Balaban J connectivity index is 2.23. The van der Waals surface area contributed by atoms with Crippen LogP contribution in [-0.2, 0) is 10.0 Å². The average molecular weight is 409 g/mol. The van der Waals surface area contributed by atoms with Gasteiger partial charge in [-0.3, -0.25) is 14.5 Å². The van der Waals surface area contributed by atoms with E-state index in [2.05, 4.69) is 14.1 Å². The number of nitrogens with two attached hydrogens (primary N) is 1. The van der Waals surface area contributed by atoms with Gasteiger partial charge in [-0.1, -0.05) is 17.7 Å². The molecule has 0 spiro atoms. The summed E-state index contributed by atoms with van der Waals surface area (Å²) < 4.78 is 29.7. The van der Waals surface area contributed by atoms with Crippen molar-refractivity contribution in [3.63, 3.8) is 0 Å². The highest BCUT2D eigenvalue weighted by Crippen LogP contribution is 2.38. The van der Waals surface area contributed by atoms with Crippen molar-refractivity contribution >= 4 is 44.8 Å². The number of primary amides is 1. The van der Waals surface area contributed by atoms with Crippen LogP contribution in [0.3, 0.4) is 0 Å². The van der Waals surface area contributed by atoms with Crippen LogP contribution in [0.4, 0.5) is 5.69 Å². The lowest BCUT2D eigenvalue weighted by Crippen LogP contribution is -2.11. The Morgan fingerprint density at radius 2 is 2.04 bits per heavy atom. The first-order chi connectivity index (χ1) is 12.2. The average Bonchev–Trinajstić information content (AvgIpc) is 2.98. The number of hydrogen-bond acceptors (Lipinski definition) is 6. The number of pyridine rings is 1. The van der Waals surface area contributed by atoms with E-state index in [1.54, 1.807) is 36.5 Å². The molecule has 2 heterocycles. The Hall–Kier alpha value is -2.49. The summed E-state index contributed by atoms with van der Waals surface area (Å²) in [6.45, 7) is 0. The highest BCUT2D eigenvalue weighted by atomic mass is 35.5. The summed E-state index contributed by atoms with van der Waals surface area (Å²) >= 11 is 7.09. The van der Waals surface area contributed by atoms with E-state index >= 15 is 0 Å². The molecule has 0 fully saturated rings. The van der Waals surface area contributed by atoms with Gasteiger partial charge in [0.2, 0.25) is 10.0 Å². The van der Waals surface area contributed by atoms with Gasteiger partial charge in [0.25, 0.3) is 5.91 Å². The summed E-state index contributed by atoms with van der Waals surface area (Å²) in [5.74, 6) is -0.641. The third-order valence-corrected chi connectivity index (χ3v) is 5.00. The van der Waals surface area contributed by atoms with E-state index in [1.165, 1.54) is 6.07 Å². The van der Waals surface area contributed by atoms with Gasteiger partial charge < -0.3 is 5.73 Å². The van der Waals surface area contributed by atoms with Gasteiger partial charge in [0.1, 0.15) is 10.6 Å². The molecule has 0 saturated carbocycles. The summed E-state index contributed by atoms with van der Waals surface area (Å²) in [6.07, 6.45) is 2.64. The van der Waals surface area contributed by atoms with E-state index in [1.807, 2.05) is 0 Å². The first kappa shape index (κ1) is 18.3. The molecule has 3 aromatic rings. The number of anilines is 1. The Morgan fingerprint density at radius 3 is 2.65 bits per heavy atom. The first-order valence-corrected chi connectivity index (χ1v) is 10.3. The van der Waals surface area contributed by atoms with Crippen LogP contribution in [-0.4, -0.2) is 29.9 Å². The minimum Gasteiger partial charge on any atom is -0.365 e. The second-order valence-electron chi connectivity index (χ2n) is 5.42. The fourth-order valence-corrected chi connectivity index (χ4v) is 3.96. The minimum atomic E-state index is -3.49. The lowest BCUT2D eigenvalue weighted by Gasteiger charge is -2.10. The SMILES string of the molecule is CS(=O)(=O)Nc1cc(Cl)cc(-c2c(-c3ccccn3)nsc2C(N)=O)c1. The molecule has 1 aromatic carbocycles. The Labute approximate surface area is 159 Å². The van der Waals surface area contributed by atoms with Gasteiger partial charge in [0.05, 0.1) is 17.6 Å². The van der Waals surface area contributed by atoms with Gasteiger partial charge in [-0.15, -0.1) is 0 Å². The number of carbonyl (C=O) groups excluding carboxylic acids is 1. The van der Waals surface area contributed by atoms with E-state index in [9.17, 15) is 13.2 Å². The molecule has 10 heteroatoms. The van der Waals surface area contributed by atoms with Gasteiger partial charge in [-0.25, -0.2) is 8.42 Å². The van der Waals surface area contributed by atoms with Gasteiger partial charge >= 0.3 is 0 Å². The second-order valence-corrected chi connectivity index (χ2v) is 8.38. The molecule has 0 atom stereocenters. The third-order valence-electron chi connectivity index (χ3n) is 3.31. The standard InChI is InChI=1S/C16H13ClN4O3S2/c1-26(23,24)21-11-7-9(6-10(17)8-11)13-14(12-4-2-3-5-19-12)20-25-15(13)16(18)22/h2-8,21H,1H3,(H2,18,22). The van der Waals surface area contributed by atoms with E-state index < -0.39 is 15.9 Å². The number of aromatic nitrogens is 2. The molecule has 26 heavy (non-hydrogen) atoms. The summed E-state index contributed by atoms with van der Waals surface area (Å²) in [7, 11) is -3.49. The van der Waals surface area contributed by atoms with Crippen LogP contribution < -0.4 is 10.5 Å². The monoisotopic (exact) mass is 408 g/mol. The van der Waals surface area contributed by atoms with Gasteiger partial charge in [0.15, 0.2) is 0 Å². The van der Waals surface area contributed by atoms with Crippen LogP contribution in [0, 0.1) is 0 Å². The van der Waals surface area contributed by atoms with Crippen molar-refractivity contribution in [3.05, 3.63) is 52.5 Å². The summed E-state index contributed by atoms with van der Waals surface area (Å²) in [5.41, 5.74) is 7.75. The highest BCUT2D eigenvalue weighted by Gasteiger charge is 2.22. The van der Waals surface area contributed by atoms with E-state index in [4.69, 9.17) is 17.3 Å². The molecule has 1 amide bonds. The minimum absolute atomic E-state index is 0.234. The highest BCUT2D eigenvalue weighted by molar-refractivity contribution is 7.92. The van der Waals surface area contributed by atoms with Crippen molar-refractivity contribution < 1.29 is 13.2 Å². The van der Waals surface area contributed by atoms with E-state index in [-0.39, 0.29) is 10.6 Å². The molecule has 0 saturated heterocycles. The number of benzene rings is 1. The molecular weight excluding hydrogens is 396 g/mol. The molecule has 3 rings (SSSR count). The maximum absolute atomic E-state index is 11.9. The van der Waals surface area contributed by atoms with Crippen LogP contribution in [0.1, 0.15) is 9.67 Å². The van der Waals surface area contributed by atoms with Crippen molar-refractivity contribution in [1.82, 2.24) is 9.36 Å². The zero-order chi connectivity index (χ0) is 18.9. The molecule has 134 valence electrons. The van der Waals surface area contributed by atoms with Gasteiger partial charge in [-0.2, -0.15) is 4.37 Å². The van der Waals surface area contributed by atoms with Crippen LogP contribution in [0.25, 0.3) is 22.5 Å².